The Hall–Kier alpha value is -1.23. The van der Waals surface area contributed by atoms with Crippen LogP contribution in [0.3, 0.4) is 0 Å². The molecule has 1 fully saturated rings. The third kappa shape index (κ3) is 6.49. The maximum atomic E-state index is 12.3. The van der Waals surface area contributed by atoms with Gasteiger partial charge in [-0.15, -0.1) is 0 Å². The van der Waals surface area contributed by atoms with Crippen molar-refractivity contribution in [3.63, 3.8) is 0 Å². The zero-order valence-corrected chi connectivity index (χ0v) is 18.3. The van der Waals surface area contributed by atoms with E-state index in [0.717, 1.165) is 49.1 Å². The Kier molecular flexibility index (Phi) is 7.39. The molecule has 1 amide bonds. The van der Waals surface area contributed by atoms with E-state index in [1.54, 1.807) is 0 Å². The lowest BCUT2D eigenvalue weighted by molar-refractivity contribution is 0.00646. The van der Waals surface area contributed by atoms with Gasteiger partial charge in [0, 0.05) is 17.1 Å². The van der Waals surface area contributed by atoms with Gasteiger partial charge in [-0.3, -0.25) is 0 Å². The zero-order chi connectivity index (χ0) is 19.3. The predicted molar refractivity (Wildman–Crippen MR) is 109 cm³/mol. The lowest BCUT2D eigenvalue weighted by Crippen LogP contribution is -2.46. The van der Waals surface area contributed by atoms with Crippen LogP contribution in [0.25, 0.3) is 0 Å². The summed E-state index contributed by atoms with van der Waals surface area (Å²) < 4.78 is 12.5. The number of hydrogen-bond acceptors (Lipinski definition) is 3. The molecule has 1 saturated heterocycles. The van der Waals surface area contributed by atoms with Crippen LogP contribution in [0.2, 0.25) is 0 Å². The molecule has 0 aromatic heterocycles. The average molecular weight is 426 g/mol. The van der Waals surface area contributed by atoms with Crippen LogP contribution in [0.15, 0.2) is 22.7 Å². The molecule has 1 aliphatic rings. The quantitative estimate of drug-likeness (QED) is 0.546. The molecule has 1 unspecified atom stereocenters. The number of aryl methyl sites for hydroxylation is 1. The van der Waals surface area contributed by atoms with Crippen LogP contribution < -0.4 is 4.74 Å². The monoisotopic (exact) mass is 425 g/mol. The van der Waals surface area contributed by atoms with Crippen molar-refractivity contribution >= 4 is 22.0 Å². The van der Waals surface area contributed by atoms with E-state index in [2.05, 4.69) is 35.8 Å². The van der Waals surface area contributed by atoms with E-state index in [9.17, 15) is 4.79 Å². The fourth-order valence-electron chi connectivity index (χ4n) is 3.39. The molecule has 1 aromatic rings. The van der Waals surface area contributed by atoms with Crippen molar-refractivity contribution in [1.29, 1.82) is 0 Å². The van der Waals surface area contributed by atoms with Crippen LogP contribution in [0.5, 0.6) is 5.75 Å². The van der Waals surface area contributed by atoms with Crippen molar-refractivity contribution in [3.05, 3.63) is 28.2 Å². The van der Waals surface area contributed by atoms with Crippen LogP contribution in [-0.4, -0.2) is 35.8 Å². The first-order valence-electron chi connectivity index (χ1n) is 9.54. The number of rotatable bonds is 5. The first-order chi connectivity index (χ1) is 12.2. The van der Waals surface area contributed by atoms with E-state index in [1.165, 1.54) is 5.56 Å². The molecular formula is C21H32BrNO3. The molecule has 2 rings (SSSR count). The summed E-state index contributed by atoms with van der Waals surface area (Å²) in [5.41, 5.74) is 0.752. The molecule has 0 aliphatic carbocycles. The molecule has 5 heteroatoms. The SMILES string of the molecule is Cc1cc(OCCCC2CCN(C(=O)OC(C)(C)C)[C@@H](C)C2)ccc1Br. The highest BCUT2D eigenvalue weighted by Gasteiger charge is 2.31. The molecule has 146 valence electrons. The number of carbonyl (C=O) groups is 1. The normalized spacial score (nSPS) is 20.8. The molecule has 0 N–H and O–H groups in total. The molecule has 0 spiro atoms. The van der Waals surface area contributed by atoms with Gasteiger partial charge in [-0.2, -0.15) is 0 Å². The van der Waals surface area contributed by atoms with Gasteiger partial charge in [-0.1, -0.05) is 15.9 Å². The number of piperidine rings is 1. The van der Waals surface area contributed by atoms with Gasteiger partial charge in [0.15, 0.2) is 0 Å². The fraction of sp³-hybridized carbons (Fsp3) is 0.667. The number of likely N-dealkylation sites (tertiary alicyclic amines) is 1. The minimum atomic E-state index is -0.434. The van der Waals surface area contributed by atoms with Gasteiger partial charge >= 0.3 is 6.09 Å². The van der Waals surface area contributed by atoms with Crippen molar-refractivity contribution in [2.75, 3.05) is 13.2 Å². The molecule has 0 saturated carbocycles. The van der Waals surface area contributed by atoms with Crippen molar-refractivity contribution in [3.8, 4) is 5.75 Å². The number of ether oxygens (including phenoxy) is 2. The van der Waals surface area contributed by atoms with Crippen molar-refractivity contribution in [2.24, 2.45) is 5.92 Å². The highest BCUT2D eigenvalue weighted by Crippen LogP contribution is 2.28. The Morgan fingerprint density at radius 3 is 2.69 bits per heavy atom. The molecule has 0 radical (unpaired) electrons. The van der Waals surface area contributed by atoms with Crippen LogP contribution in [-0.2, 0) is 4.74 Å². The minimum Gasteiger partial charge on any atom is -0.494 e. The largest absolute Gasteiger partial charge is 0.494 e. The van der Waals surface area contributed by atoms with Gasteiger partial charge in [0.05, 0.1) is 6.61 Å². The summed E-state index contributed by atoms with van der Waals surface area (Å²) in [4.78, 5) is 14.2. The zero-order valence-electron chi connectivity index (χ0n) is 16.7. The van der Waals surface area contributed by atoms with Crippen LogP contribution >= 0.6 is 15.9 Å². The second-order valence-electron chi connectivity index (χ2n) is 8.31. The third-order valence-corrected chi connectivity index (χ3v) is 5.66. The van der Waals surface area contributed by atoms with E-state index >= 15 is 0 Å². The van der Waals surface area contributed by atoms with Gasteiger partial charge in [0.2, 0.25) is 0 Å². The third-order valence-electron chi connectivity index (χ3n) is 4.77. The van der Waals surface area contributed by atoms with Crippen LogP contribution in [0, 0.1) is 12.8 Å². The molecule has 0 bridgehead atoms. The maximum absolute atomic E-state index is 12.3. The number of hydrogen-bond donors (Lipinski definition) is 0. The van der Waals surface area contributed by atoms with E-state index in [0.29, 0.717) is 5.92 Å². The van der Waals surface area contributed by atoms with E-state index in [1.807, 2.05) is 37.8 Å². The molecule has 1 heterocycles. The predicted octanol–water partition coefficient (Wildman–Crippen LogP) is 5.95. The molecule has 4 nitrogen and oxygen atoms in total. The van der Waals surface area contributed by atoms with Gasteiger partial charge in [-0.25, -0.2) is 4.79 Å². The van der Waals surface area contributed by atoms with E-state index < -0.39 is 5.60 Å². The number of halogens is 1. The van der Waals surface area contributed by atoms with Gasteiger partial charge in [0.25, 0.3) is 0 Å². The summed E-state index contributed by atoms with van der Waals surface area (Å²) >= 11 is 3.51. The van der Waals surface area contributed by atoms with Crippen molar-refractivity contribution in [1.82, 2.24) is 4.90 Å². The first-order valence-corrected chi connectivity index (χ1v) is 10.3. The maximum Gasteiger partial charge on any atom is 0.410 e. The first kappa shape index (κ1) is 21.1. The summed E-state index contributed by atoms with van der Waals surface area (Å²) in [6.07, 6.45) is 4.08. The van der Waals surface area contributed by atoms with Gasteiger partial charge in [0.1, 0.15) is 11.4 Å². The molecule has 1 aliphatic heterocycles. The number of amides is 1. The summed E-state index contributed by atoms with van der Waals surface area (Å²) in [5, 5.41) is 0. The average Bonchev–Trinajstić information content (AvgIpc) is 2.53. The Morgan fingerprint density at radius 1 is 1.35 bits per heavy atom. The summed E-state index contributed by atoms with van der Waals surface area (Å²) in [5.74, 6) is 1.58. The highest BCUT2D eigenvalue weighted by molar-refractivity contribution is 9.10. The lowest BCUT2D eigenvalue weighted by atomic mass is 9.88. The van der Waals surface area contributed by atoms with Crippen LogP contribution in [0.4, 0.5) is 4.79 Å². The van der Waals surface area contributed by atoms with Crippen molar-refractivity contribution < 1.29 is 14.3 Å². The topological polar surface area (TPSA) is 38.8 Å². The fourth-order valence-corrected chi connectivity index (χ4v) is 3.64. The number of nitrogens with zero attached hydrogens (tertiary/aromatic N) is 1. The van der Waals surface area contributed by atoms with E-state index in [-0.39, 0.29) is 12.1 Å². The van der Waals surface area contributed by atoms with Gasteiger partial charge < -0.3 is 14.4 Å². The summed E-state index contributed by atoms with van der Waals surface area (Å²) in [6, 6.07) is 6.32. The second-order valence-corrected chi connectivity index (χ2v) is 9.17. The Balaban J connectivity index is 1.70. The molecule has 2 atom stereocenters. The Bertz CT molecular complexity index is 612. The minimum absolute atomic E-state index is 0.183. The summed E-state index contributed by atoms with van der Waals surface area (Å²) in [7, 11) is 0. The standard InChI is InChI=1S/C21H32BrNO3/c1-15-13-18(8-9-19(15)22)25-12-6-7-17-10-11-23(16(2)14-17)20(24)26-21(3,4)5/h8-9,13,16-17H,6-7,10-12,14H2,1-5H3/t16-,17?/m0/s1. The second kappa shape index (κ2) is 9.12. The van der Waals surface area contributed by atoms with Gasteiger partial charge in [-0.05, 0) is 90.0 Å². The number of benzene rings is 1. The smallest absolute Gasteiger partial charge is 0.410 e. The molecular weight excluding hydrogens is 394 g/mol. The number of carbonyl (C=O) groups excluding carboxylic acids is 1. The molecule has 1 aromatic carbocycles. The van der Waals surface area contributed by atoms with Crippen molar-refractivity contribution in [2.45, 2.75) is 71.9 Å². The molecule has 26 heavy (non-hydrogen) atoms. The summed E-state index contributed by atoms with van der Waals surface area (Å²) in [6.45, 7) is 11.4. The highest BCUT2D eigenvalue weighted by atomic mass is 79.9. The van der Waals surface area contributed by atoms with Crippen LogP contribution in [0.1, 0.15) is 58.9 Å². The van der Waals surface area contributed by atoms with E-state index in [4.69, 9.17) is 9.47 Å². The lowest BCUT2D eigenvalue weighted by Gasteiger charge is -2.38. The Morgan fingerprint density at radius 2 is 2.08 bits per heavy atom. The Labute approximate surface area is 166 Å².